The van der Waals surface area contributed by atoms with Crippen LogP contribution in [-0.2, 0) is 16.8 Å². The molecular weight excluding hydrogens is 460 g/mol. The molecule has 164 valence electrons. The number of carbonyl (C=O) groups is 2. The molecule has 0 saturated carbocycles. The van der Waals surface area contributed by atoms with E-state index in [4.69, 9.17) is 14.7 Å². The Morgan fingerprint density at radius 1 is 1.09 bits per heavy atom. The van der Waals surface area contributed by atoms with Crippen LogP contribution in [0, 0.1) is 0 Å². The number of thiazole rings is 1. The van der Waals surface area contributed by atoms with Gasteiger partial charge in [-0.3, -0.25) is 10.1 Å². The van der Waals surface area contributed by atoms with Crippen molar-refractivity contribution in [2.24, 2.45) is 5.14 Å². The number of carboxylic acid groups (broad SMARTS) is 1. The highest BCUT2D eigenvalue weighted by Crippen LogP contribution is 2.30. The molecule has 14 heteroatoms. The minimum Gasteiger partial charge on any atom is -0.465 e. The number of nitrogens with one attached hydrogen (secondary N) is 2. The van der Waals surface area contributed by atoms with Gasteiger partial charge in [0.1, 0.15) is 0 Å². The minimum absolute atomic E-state index is 0.119. The molecule has 32 heavy (non-hydrogen) atoms. The largest absolute Gasteiger partial charge is 0.465 e. The van der Waals surface area contributed by atoms with Gasteiger partial charge in [-0.15, -0.1) is 21.5 Å². The monoisotopic (exact) mass is 474 g/mol. The second-order valence-electron chi connectivity index (χ2n) is 6.41. The Bertz CT molecular complexity index is 1430. The Morgan fingerprint density at radius 3 is 2.50 bits per heavy atom. The van der Waals surface area contributed by atoms with Crippen molar-refractivity contribution in [2.75, 3.05) is 5.32 Å². The van der Waals surface area contributed by atoms with Crippen LogP contribution in [0.25, 0.3) is 21.3 Å². The van der Waals surface area contributed by atoms with Crippen LogP contribution in [0.2, 0.25) is 0 Å². The van der Waals surface area contributed by atoms with Gasteiger partial charge in [0.2, 0.25) is 5.89 Å². The van der Waals surface area contributed by atoms with Crippen molar-refractivity contribution in [1.29, 1.82) is 0 Å². The summed E-state index contributed by atoms with van der Waals surface area (Å²) in [5.74, 6) is -1.03. The van der Waals surface area contributed by atoms with Gasteiger partial charge in [-0.25, -0.2) is 14.9 Å². The maximum Gasteiger partial charge on any atom is 0.409 e. The topological polar surface area (TPSA) is 190 Å². The fourth-order valence-corrected chi connectivity index (χ4v) is 4.00. The number of nitrogens with two attached hydrogens (primary N) is 1. The van der Waals surface area contributed by atoms with Gasteiger partial charge in [0.25, 0.3) is 21.9 Å². The molecule has 5 N–H and O–H groups in total. The van der Waals surface area contributed by atoms with Crippen molar-refractivity contribution in [3.63, 3.8) is 0 Å². The molecule has 2 aromatic carbocycles. The fraction of sp³-hybridized carbons (Fsp3) is 0.0556. The Morgan fingerprint density at radius 2 is 1.81 bits per heavy atom. The lowest BCUT2D eigenvalue weighted by atomic mass is 10.1. The van der Waals surface area contributed by atoms with Gasteiger partial charge in [-0.05, 0) is 35.4 Å². The summed E-state index contributed by atoms with van der Waals surface area (Å²) in [5.41, 5.74) is 2.76. The summed E-state index contributed by atoms with van der Waals surface area (Å²) < 4.78 is 29.8. The first-order valence-corrected chi connectivity index (χ1v) is 11.2. The first-order valence-electron chi connectivity index (χ1n) is 8.83. The number of nitrogens with zero attached hydrogens (tertiary/aromatic N) is 3. The number of fused-ring (bicyclic) bond motifs is 1. The highest BCUT2D eigenvalue weighted by molar-refractivity contribution is 7.87. The molecule has 4 rings (SSSR count). The number of rotatable bonds is 7. The van der Waals surface area contributed by atoms with E-state index >= 15 is 0 Å². The predicted octanol–water partition coefficient (Wildman–Crippen LogP) is 1.96. The van der Waals surface area contributed by atoms with Gasteiger partial charge < -0.3 is 9.52 Å². The number of anilines is 1. The number of hydrogen-bond acceptors (Lipinski definition) is 9. The predicted molar refractivity (Wildman–Crippen MR) is 114 cm³/mol. The number of benzene rings is 2. The van der Waals surface area contributed by atoms with Crippen molar-refractivity contribution >= 4 is 49.3 Å². The highest BCUT2D eigenvalue weighted by Gasteiger charge is 2.21. The van der Waals surface area contributed by atoms with Crippen LogP contribution in [0.4, 0.5) is 10.5 Å². The zero-order chi connectivity index (χ0) is 22.9. The normalized spacial score (nSPS) is 11.5. The summed E-state index contributed by atoms with van der Waals surface area (Å²) in [4.78, 5) is 27.7. The van der Waals surface area contributed by atoms with Crippen LogP contribution in [0.15, 0.2) is 46.9 Å². The third-order valence-electron chi connectivity index (χ3n) is 4.14. The standard InChI is InChI=1S/C18H14N6O6S2/c19-32(28,29)20-8-14-23-24-16(30-14)15(25)17-22-12-6-3-10(7-13(12)31-17)9-1-4-11(5-2-9)21-18(26)27/h1-7,20-21H,8H2,(H,26,27)(H2,19,28,29). The molecule has 1 amide bonds. The molecule has 0 bridgehead atoms. The summed E-state index contributed by atoms with van der Waals surface area (Å²) in [5, 5.41) is 23.3. The average Bonchev–Trinajstić information content (AvgIpc) is 3.38. The number of amides is 1. The quantitative estimate of drug-likeness (QED) is 0.290. The Kier molecular flexibility index (Phi) is 5.67. The summed E-state index contributed by atoms with van der Waals surface area (Å²) in [7, 11) is -3.94. The van der Waals surface area contributed by atoms with E-state index < -0.39 is 22.1 Å². The second-order valence-corrected chi connectivity index (χ2v) is 8.81. The summed E-state index contributed by atoms with van der Waals surface area (Å²) in [6, 6.07) is 12.3. The summed E-state index contributed by atoms with van der Waals surface area (Å²) >= 11 is 1.14. The number of carbonyl (C=O) groups excluding carboxylic acids is 1. The number of hydrogen-bond donors (Lipinski definition) is 4. The van der Waals surface area contributed by atoms with Crippen LogP contribution in [0.1, 0.15) is 21.6 Å². The van der Waals surface area contributed by atoms with Gasteiger partial charge in [0.15, 0.2) is 5.01 Å². The first-order chi connectivity index (χ1) is 15.2. The lowest BCUT2D eigenvalue weighted by Gasteiger charge is -2.04. The minimum atomic E-state index is -3.94. The molecule has 0 fully saturated rings. The van der Waals surface area contributed by atoms with Gasteiger partial charge >= 0.3 is 6.09 Å². The van der Waals surface area contributed by atoms with Crippen molar-refractivity contribution in [2.45, 2.75) is 6.54 Å². The zero-order valence-electron chi connectivity index (χ0n) is 16.0. The molecule has 0 unspecified atom stereocenters. The molecule has 0 aliphatic rings. The van der Waals surface area contributed by atoms with Crippen LogP contribution >= 0.6 is 11.3 Å². The smallest absolute Gasteiger partial charge is 0.409 e. The molecule has 0 atom stereocenters. The molecule has 0 saturated heterocycles. The fourth-order valence-electron chi connectivity index (χ4n) is 2.74. The van der Waals surface area contributed by atoms with Gasteiger partial charge in [-0.1, -0.05) is 18.2 Å². The van der Waals surface area contributed by atoms with Crippen molar-refractivity contribution in [1.82, 2.24) is 19.9 Å². The molecule has 2 aromatic heterocycles. The van der Waals surface area contributed by atoms with E-state index in [1.54, 1.807) is 30.3 Å². The maximum absolute atomic E-state index is 12.6. The van der Waals surface area contributed by atoms with Gasteiger partial charge in [0.05, 0.1) is 16.8 Å². The Hall–Kier alpha value is -3.72. The van der Waals surface area contributed by atoms with E-state index in [1.165, 1.54) is 0 Å². The van der Waals surface area contributed by atoms with E-state index in [9.17, 15) is 18.0 Å². The van der Waals surface area contributed by atoms with E-state index in [-0.39, 0.29) is 23.3 Å². The van der Waals surface area contributed by atoms with Gasteiger partial charge in [0, 0.05) is 5.69 Å². The molecule has 4 aromatic rings. The Balaban J connectivity index is 1.54. The van der Waals surface area contributed by atoms with Crippen LogP contribution in [0.5, 0.6) is 0 Å². The van der Waals surface area contributed by atoms with Gasteiger partial charge in [-0.2, -0.15) is 13.1 Å². The van der Waals surface area contributed by atoms with Crippen molar-refractivity contribution < 1.29 is 27.5 Å². The summed E-state index contributed by atoms with van der Waals surface area (Å²) in [6.45, 7) is -0.344. The molecule has 0 aliphatic carbocycles. The van der Waals surface area contributed by atoms with E-state index in [1.807, 2.05) is 16.9 Å². The van der Waals surface area contributed by atoms with Crippen LogP contribution < -0.4 is 15.2 Å². The van der Waals surface area contributed by atoms with E-state index in [0.717, 1.165) is 27.2 Å². The zero-order valence-corrected chi connectivity index (χ0v) is 17.6. The highest BCUT2D eigenvalue weighted by atomic mass is 32.2. The number of aromatic nitrogens is 3. The lowest BCUT2D eigenvalue weighted by Crippen LogP contribution is -2.30. The lowest BCUT2D eigenvalue weighted by molar-refractivity contribution is 0.100. The van der Waals surface area contributed by atoms with Crippen molar-refractivity contribution in [3.8, 4) is 11.1 Å². The third kappa shape index (κ3) is 4.94. The van der Waals surface area contributed by atoms with Crippen LogP contribution in [-0.4, -0.2) is 40.6 Å². The Labute approximate surface area is 184 Å². The maximum atomic E-state index is 12.6. The third-order valence-corrected chi connectivity index (χ3v) is 5.70. The molecular formula is C18H14N6O6S2. The average molecular weight is 474 g/mol. The SMILES string of the molecule is NS(=O)(=O)NCc1nnc(C(=O)c2nc3ccc(-c4ccc(NC(=O)O)cc4)cc3s2)o1. The molecule has 12 nitrogen and oxygen atoms in total. The summed E-state index contributed by atoms with van der Waals surface area (Å²) in [6.07, 6.45) is -1.14. The molecule has 0 aliphatic heterocycles. The van der Waals surface area contributed by atoms with Crippen LogP contribution in [0.3, 0.4) is 0 Å². The number of ketones is 1. The molecule has 2 heterocycles. The van der Waals surface area contributed by atoms with E-state index in [0.29, 0.717) is 11.2 Å². The van der Waals surface area contributed by atoms with E-state index in [2.05, 4.69) is 20.5 Å². The van der Waals surface area contributed by atoms with Crippen molar-refractivity contribution in [3.05, 3.63) is 59.3 Å². The second kappa shape index (κ2) is 8.43. The molecule has 0 radical (unpaired) electrons. The molecule has 0 spiro atoms. The first kappa shape index (κ1) is 21.5.